The maximum absolute atomic E-state index is 11.6. The van der Waals surface area contributed by atoms with Crippen LogP contribution in [0.1, 0.15) is 11.1 Å². The van der Waals surface area contributed by atoms with E-state index in [4.69, 9.17) is 0 Å². The van der Waals surface area contributed by atoms with E-state index in [1.165, 1.54) is 0 Å². The lowest BCUT2D eigenvalue weighted by molar-refractivity contribution is 0.378. The molecule has 0 unspecified atom stereocenters. The summed E-state index contributed by atoms with van der Waals surface area (Å²) in [5.41, 5.74) is -2.00. The van der Waals surface area contributed by atoms with Gasteiger partial charge in [-0.3, -0.25) is 18.3 Å². The second-order valence-corrected chi connectivity index (χ2v) is 11.0. The maximum atomic E-state index is 11.6. The molecule has 0 bridgehead atoms. The molecule has 0 amide bonds. The van der Waals surface area contributed by atoms with Crippen molar-refractivity contribution in [2.45, 2.75) is 13.8 Å². The topological polar surface area (TPSA) is 230 Å². The fraction of sp³-hybridized carbons (Fsp3) is 0.250. The van der Waals surface area contributed by atoms with Gasteiger partial charge in [0.15, 0.2) is 0 Å². The SMILES string of the molecule is Cc1c(P(=O)(O)O)c(P(=O)(O)O)c(C)c(P(=O)(O)O)c1P(=O)(O)O. The number of rotatable bonds is 4. The van der Waals surface area contributed by atoms with Gasteiger partial charge in [-0.05, 0) is 25.0 Å². The summed E-state index contributed by atoms with van der Waals surface area (Å²) in [6.07, 6.45) is 0. The van der Waals surface area contributed by atoms with Crippen LogP contribution in [0.2, 0.25) is 0 Å². The molecule has 138 valence electrons. The molecule has 0 atom stereocenters. The van der Waals surface area contributed by atoms with Gasteiger partial charge in [0.05, 0.1) is 21.2 Å². The van der Waals surface area contributed by atoms with Gasteiger partial charge < -0.3 is 39.1 Å². The first-order valence-electron chi connectivity index (χ1n) is 5.72. The van der Waals surface area contributed by atoms with Crippen molar-refractivity contribution in [1.29, 1.82) is 0 Å². The highest BCUT2D eigenvalue weighted by Crippen LogP contribution is 2.47. The molecule has 1 aromatic rings. The normalized spacial score (nSPS) is 14.1. The summed E-state index contributed by atoms with van der Waals surface area (Å²) in [4.78, 5) is 74.7. The molecule has 0 spiro atoms. The minimum Gasteiger partial charge on any atom is -0.321 e. The van der Waals surface area contributed by atoms with Crippen LogP contribution in [0, 0.1) is 13.8 Å². The third kappa shape index (κ3) is 4.14. The quantitative estimate of drug-likeness (QED) is 0.234. The molecule has 0 saturated carbocycles. The Labute approximate surface area is 134 Å². The van der Waals surface area contributed by atoms with Crippen molar-refractivity contribution < 1.29 is 57.4 Å². The van der Waals surface area contributed by atoms with E-state index in [0.29, 0.717) is 13.8 Å². The van der Waals surface area contributed by atoms with Crippen LogP contribution in [0.15, 0.2) is 0 Å². The summed E-state index contributed by atoms with van der Waals surface area (Å²) >= 11 is 0. The van der Waals surface area contributed by atoms with Crippen LogP contribution in [-0.4, -0.2) is 39.1 Å². The Hall–Kier alpha value is -0.180. The predicted molar refractivity (Wildman–Crippen MR) is 82.6 cm³/mol. The zero-order valence-electron chi connectivity index (χ0n) is 12.0. The summed E-state index contributed by atoms with van der Waals surface area (Å²) in [6.45, 7) is 1.39. The molecule has 16 heteroatoms. The Kier molecular flexibility index (Phi) is 5.66. The Morgan fingerprint density at radius 2 is 0.583 bits per heavy atom. The maximum Gasteiger partial charge on any atom is 0.357 e. The van der Waals surface area contributed by atoms with Gasteiger partial charge in [0.2, 0.25) is 0 Å². The first kappa shape index (κ1) is 21.9. The molecule has 24 heavy (non-hydrogen) atoms. The largest absolute Gasteiger partial charge is 0.357 e. The fourth-order valence-corrected chi connectivity index (χ4v) is 8.07. The van der Waals surface area contributed by atoms with E-state index in [9.17, 15) is 57.4 Å². The van der Waals surface area contributed by atoms with Crippen molar-refractivity contribution >= 4 is 51.6 Å². The molecule has 0 aliphatic carbocycles. The zero-order chi connectivity index (χ0) is 19.5. The first-order valence-corrected chi connectivity index (χ1v) is 12.2. The van der Waals surface area contributed by atoms with Gasteiger partial charge >= 0.3 is 30.4 Å². The number of hydrogen-bond donors (Lipinski definition) is 8. The molecule has 12 nitrogen and oxygen atoms in total. The van der Waals surface area contributed by atoms with Crippen LogP contribution >= 0.6 is 30.4 Å². The van der Waals surface area contributed by atoms with Crippen molar-refractivity contribution in [3.05, 3.63) is 11.1 Å². The van der Waals surface area contributed by atoms with Crippen LogP contribution in [-0.2, 0) is 18.3 Å². The molecule has 1 rings (SSSR count). The van der Waals surface area contributed by atoms with Crippen LogP contribution in [0.3, 0.4) is 0 Å². The fourth-order valence-electron chi connectivity index (χ4n) is 2.36. The monoisotopic (exact) mass is 426 g/mol. The van der Waals surface area contributed by atoms with E-state index in [0.717, 1.165) is 0 Å². The van der Waals surface area contributed by atoms with Gasteiger partial charge in [-0.15, -0.1) is 0 Å². The molecule has 0 heterocycles. The van der Waals surface area contributed by atoms with Crippen molar-refractivity contribution in [2.75, 3.05) is 0 Å². The highest BCUT2D eigenvalue weighted by atomic mass is 31.2. The highest BCUT2D eigenvalue weighted by molar-refractivity contribution is 7.69. The molecule has 0 aliphatic rings. The number of hydrogen-bond acceptors (Lipinski definition) is 4. The summed E-state index contributed by atoms with van der Waals surface area (Å²) in [7, 11) is -21.9. The lowest BCUT2D eigenvalue weighted by Crippen LogP contribution is -2.44. The first-order chi connectivity index (χ1) is 10.3. The summed E-state index contributed by atoms with van der Waals surface area (Å²) in [5.74, 6) is 0. The van der Waals surface area contributed by atoms with E-state index >= 15 is 0 Å². The lowest BCUT2D eigenvalue weighted by Gasteiger charge is -2.24. The van der Waals surface area contributed by atoms with Crippen LogP contribution in [0.25, 0.3) is 0 Å². The van der Waals surface area contributed by atoms with Crippen molar-refractivity contribution in [2.24, 2.45) is 0 Å². The van der Waals surface area contributed by atoms with Gasteiger partial charge in [0.25, 0.3) is 0 Å². The van der Waals surface area contributed by atoms with Crippen LogP contribution in [0.5, 0.6) is 0 Å². The highest BCUT2D eigenvalue weighted by Gasteiger charge is 2.44. The average Bonchev–Trinajstić information content (AvgIpc) is 2.24. The van der Waals surface area contributed by atoms with Crippen molar-refractivity contribution in [3.63, 3.8) is 0 Å². The standard InChI is InChI=1S/C8H14O12P4/c1-3-5(21(9,10)11)7(23(15,16)17)4(2)8(24(18,19)20)6(3)22(12,13)14/h1-2H3,(H2,9,10,11)(H2,12,13,14)(H2,15,16,17)(H2,18,19,20). The van der Waals surface area contributed by atoms with Crippen molar-refractivity contribution in [1.82, 2.24) is 0 Å². The Morgan fingerprint density at radius 3 is 0.667 bits per heavy atom. The molecule has 0 saturated heterocycles. The van der Waals surface area contributed by atoms with Gasteiger partial charge in [-0.25, -0.2) is 0 Å². The second-order valence-electron chi connectivity index (χ2n) is 4.82. The number of benzene rings is 1. The molecule has 1 aromatic carbocycles. The van der Waals surface area contributed by atoms with Crippen LogP contribution < -0.4 is 21.2 Å². The Morgan fingerprint density at radius 1 is 0.458 bits per heavy atom. The Balaban J connectivity index is 4.46. The van der Waals surface area contributed by atoms with Gasteiger partial charge in [-0.2, -0.15) is 0 Å². The van der Waals surface area contributed by atoms with Gasteiger partial charge in [-0.1, -0.05) is 0 Å². The predicted octanol–water partition coefficient (Wildman–Crippen LogP) is -2.48. The van der Waals surface area contributed by atoms with E-state index in [-0.39, 0.29) is 0 Å². The molecule has 0 radical (unpaired) electrons. The summed E-state index contributed by atoms with van der Waals surface area (Å²) < 4.78 is 46.5. The molecular weight excluding hydrogens is 412 g/mol. The third-order valence-electron chi connectivity index (χ3n) is 3.03. The van der Waals surface area contributed by atoms with E-state index in [2.05, 4.69) is 0 Å². The minimum absolute atomic E-state index is 0.695. The van der Waals surface area contributed by atoms with Gasteiger partial charge in [0, 0.05) is 0 Å². The lowest BCUT2D eigenvalue weighted by atomic mass is 10.1. The molecule has 8 N–H and O–H groups in total. The van der Waals surface area contributed by atoms with E-state index in [1.54, 1.807) is 0 Å². The van der Waals surface area contributed by atoms with Crippen LogP contribution in [0.4, 0.5) is 0 Å². The van der Waals surface area contributed by atoms with E-state index < -0.39 is 62.7 Å². The third-order valence-corrected chi connectivity index (χ3v) is 7.95. The molecule has 0 aliphatic heterocycles. The zero-order valence-corrected chi connectivity index (χ0v) is 15.6. The summed E-state index contributed by atoms with van der Waals surface area (Å²) in [6, 6.07) is 0. The summed E-state index contributed by atoms with van der Waals surface area (Å²) in [5, 5.41) is -5.49. The van der Waals surface area contributed by atoms with E-state index in [1.807, 2.05) is 0 Å². The minimum atomic E-state index is -5.47. The molecular formula is C8H14O12P4. The van der Waals surface area contributed by atoms with Gasteiger partial charge in [0.1, 0.15) is 0 Å². The smallest absolute Gasteiger partial charge is 0.321 e. The molecule has 0 fully saturated rings. The average molecular weight is 426 g/mol. The second kappa shape index (κ2) is 6.21. The molecule has 0 aromatic heterocycles. The van der Waals surface area contributed by atoms with Crippen molar-refractivity contribution in [3.8, 4) is 0 Å². The Bertz CT molecular complexity index is 737.